The Balaban J connectivity index is 2.31. The van der Waals surface area contributed by atoms with Crippen LogP contribution in [0.2, 0.25) is 0 Å². The van der Waals surface area contributed by atoms with Crippen LogP contribution in [0.4, 0.5) is 8.78 Å². The first kappa shape index (κ1) is 23.9. The second kappa shape index (κ2) is 10.6. The van der Waals surface area contributed by atoms with Crippen molar-refractivity contribution in [1.82, 2.24) is 4.72 Å². The molecule has 6 nitrogen and oxygen atoms in total. The number of hydrogen-bond donors (Lipinski definition) is 1. The molecule has 29 heavy (non-hydrogen) atoms. The van der Waals surface area contributed by atoms with E-state index in [0.29, 0.717) is 31.8 Å². The summed E-state index contributed by atoms with van der Waals surface area (Å²) < 4.78 is 59.9. The molecule has 1 saturated heterocycles. The average molecular weight is 434 g/mol. The van der Waals surface area contributed by atoms with Gasteiger partial charge in [-0.2, -0.15) is 0 Å². The number of halogens is 2. The molecule has 1 aromatic rings. The van der Waals surface area contributed by atoms with E-state index in [-0.39, 0.29) is 18.3 Å². The van der Waals surface area contributed by atoms with Crippen LogP contribution >= 0.6 is 0 Å². The van der Waals surface area contributed by atoms with Crippen LogP contribution in [0.1, 0.15) is 52.1 Å². The first-order chi connectivity index (χ1) is 13.6. The standard InChI is InChI=1S/C20H29F2NO5S/c1-5-27-19(24)17(22)18(23-29(25)20(2,3)4)15-12-14(6-7-16(15)21)28-13-8-10-26-11-9-13/h6-7,12-13,17-18,23H,5,8-11H2,1-4H3/t17-,18+,29-/m1/s1. The number of rotatable bonds is 8. The molecule has 1 heterocycles. The largest absolute Gasteiger partial charge is 0.598 e. The van der Waals surface area contributed by atoms with Crippen molar-refractivity contribution >= 4 is 17.3 Å². The van der Waals surface area contributed by atoms with E-state index in [1.54, 1.807) is 27.7 Å². The monoisotopic (exact) mass is 433 g/mol. The van der Waals surface area contributed by atoms with E-state index in [1.165, 1.54) is 12.1 Å². The molecule has 164 valence electrons. The molecular formula is C20H29F2NO5S. The Bertz CT molecular complexity index is 679. The van der Waals surface area contributed by atoms with E-state index in [2.05, 4.69) is 4.72 Å². The summed E-state index contributed by atoms with van der Waals surface area (Å²) in [5, 5.41) is 0. The van der Waals surface area contributed by atoms with Crippen LogP contribution in [0.25, 0.3) is 0 Å². The summed E-state index contributed by atoms with van der Waals surface area (Å²) in [6, 6.07) is 2.45. The van der Waals surface area contributed by atoms with Crippen molar-refractivity contribution in [2.24, 2.45) is 0 Å². The summed E-state index contributed by atoms with van der Waals surface area (Å²) in [7, 11) is 0. The second-order valence-corrected chi connectivity index (χ2v) is 9.74. The zero-order chi connectivity index (χ0) is 21.6. The fraction of sp³-hybridized carbons (Fsp3) is 0.650. The minimum absolute atomic E-state index is 0.0241. The lowest BCUT2D eigenvalue weighted by Crippen LogP contribution is -2.46. The van der Waals surface area contributed by atoms with Crippen LogP contribution in [0.15, 0.2) is 18.2 Å². The Hall–Kier alpha value is -1.42. The molecule has 1 aliphatic rings. The molecule has 0 unspecified atom stereocenters. The summed E-state index contributed by atoms with van der Waals surface area (Å²) in [5.74, 6) is -1.54. The number of carbonyl (C=O) groups excluding carboxylic acids is 1. The molecule has 1 fully saturated rings. The highest BCUT2D eigenvalue weighted by molar-refractivity contribution is 7.90. The van der Waals surface area contributed by atoms with Crippen molar-refractivity contribution in [2.75, 3.05) is 19.8 Å². The lowest BCUT2D eigenvalue weighted by atomic mass is 10.0. The van der Waals surface area contributed by atoms with Crippen LogP contribution < -0.4 is 9.46 Å². The summed E-state index contributed by atoms with van der Waals surface area (Å²) in [4.78, 5) is 12.0. The summed E-state index contributed by atoms with van der Waals surface area (Å²) in [6.07, 6.45) is -0.953. The van der Waals surface area contributed by atoms with Gasteiger partial charge in [0.05, 0.1) is 19.8 Å². The van der Waals surface area contributed by atoms with Crippen molar-refractivity contribution < 1.29 is 32.3 Å². The third-order valence-corrected chi connectivity index (χ3v) is 5.95. The smallest absolute Gasteiger partial charge is 0.342 e. The van der Waals surface area contributed by atoms with Crippen molar-refractivity contribution in [3.05, 3.63) is 29.6 Å². The summed E-state index contributed by atoms with van der Waals surface area (Å²) >= 11 is -1.75. The van der Waals surface area contributed by atoms with E-state index in [0.717, 1.165) is 6.07 Å². The van der Waals surface area contributed by atoms with Gasteiger partial charge in [-0.05, 0) is 45.9 Å². The molecule has 0 aliphatic carbocycles. The Morgan fingerprint density at radius 3 is 2.62 bits per heavy atom. The minimum Gasteiger partial charge on any atom is -0.598 e. The quantitative estimate of drug-likeness (QED) is 0.500. The predicted molar refractivity (Wildman–Crippen MR) is 106 cm³/mol. The fourth-order valence-corrected chi connectivity index (χ4v) is 3.58. The number of alkyl halides is 1. The highest BCUT2D eigenvalue weighted by Gasteiger charge is 2.39. The van der Waals surface area contributed by atoms with Gasteiger partial charge in [0, 0.05) is 29.8 Å². The van der Waals surface area contributed by atoms with Gasteiger partial charge in [0.2, 0.25) is 6.17 Å². The molecule has 9 heteroatoms. The van der Waals surface area contributed by atoms with Crippen molar-refractivity contribution in [2.45, 2.75) is 63.6 Å². The lowest BCUT2D eigenvalue weighted by molar-refractivity contribution is -0.150. The van der Waals surface area contributed by atoms with Crippen LogP contribution in [-0.4, -0.2) is 47.4 Å². The maximum atomic E-state index is 15.0. The highest BCUT2D eigenvalue weighted by atomic mass is 32.2. The Labute approximate surface area is 173 Å². The first-order valence-corrected chi connectivity index (χ1v) is 10.8. The summed E-state index contributed by atoms with van der Waals surface area (Å²) in [5.41, 5.74) is -0.146. The molecular weight excluding hydrogens is 404 g/mol. The molecule has 0 amide bonds. The molecule has 1 N–H and O–H groups in total. The lowest BCUT2D eigenvalue weighted by Gasteiger charge is -2.29. The van der Waals surface area contributed by atoms with Gasteiger partial charge < -0.3 is 18.8 Å². The second-order valence-electron chi connectivity index (χ2n) is 7.74. The Morgan fingerprint density at radius 1 is 1.38 bits per heavy atom. The first-order valence-electron chi connectivity index (χ1n) is 9.66. The zero-order valence-corrected chi connectivity index (χ0v) is 18.0. The molecule has 0 spiro atoms. The van der Waals surface area contributed by atoms with Crippen LogP contribution in [0.5, 0.6) is 5.75 Å². The van der Waals surface area contributed by atoms with Gasteiger partial charge in [0.1, 0.15) is 28.5 Å². The number of nitrogens with one attached hydrogen (secondary N) is 1. The van der Waals surface area contributed by atoms with E-state index < -0.39 is 40.1 Å². The van der Waals surface area contributed by atoms with E-state index in [4.69, 9.17) is 14.2 Å². The maximum absolute atomic E-state index is 15.0. The van der Waals surface area contributed by atoms with E-state index in [1.807, 2.05) is 0 Å². The third-order valence-electron chi connectivity index (χ3n) is 4.37. The molecule has 0 aromatic heterocycles. The Morgan fingerprint density at radius 2 is 2.03 bits per heavy atom. The van der Waals surface area contributed by atoms with Gasteiger partial charge in [-0.1, -0.05) is 0 Å². The van der Waals surface area contributed by atoms with Crippen LogP contribution in [-0.2, 0) is 25.6 Å². The van der Waals surface area contributed by atoms with Crippen molar-refractivity contribution in [3.63, 3.8) is 0 Å². The van der Waals surface area contributed by atoms with Gasteiger partial charge in [0.25, 0.3) is 0 Å². The van der Waals surface area contributed by atoms with Crippen LogP contribution in [0.3, 0.4) is 0 Å². The normalized spacial score (nSPS) is 18.7. The molecule has 3 atom stereocenters. The van der Waals surface area contributed by atoms with Crippen molar-refractivity contribution in [3.8, 4) is 5.75 Å². The third kappa shape index (κ3) is 6.80. The average Bonchev–Trinajstić information content (AvgIpc) is 2.67. The molecule has 0 radical (unpaired) electrons. The maximum Gasteiger partial charge on any atom is 0.342 e. The topological polar surface area (TPSA) is 79.9 Å². The van der Waals surface area contributed by atoms with E-state index >= 15 is 0 Å². The molecule has 0 saturated carbocycles. The van der Waals surface area contributed by atoms with Gasteiger partial charge in [-0.15, -0.1) is 4.72 Å². The van der Waals surface area contributed by atoms with Gasteiger partial charge in [-0.3, -0.25) is 0 Å². The van der Waals surface area contributed by atoms with Gasteiger partial charge >= 0.3 is 5.97 Å². The molecule has 1 aliphatic heterocycles. The SMILES string of the molecule is CCOC(=O)[C@H](F)[C@@H](N[S@+]([O-])C(C)(C)C)c1cc(OC2CCOCC2)ccc1F. The summed E-state index contributed by atoms with van der Waals surface area (Å²) in [6.45, 7) is 7.72. The molecule has 0 bridgehead atoms. The predicted octanol–water partition coefficient (Wildman–Crippen LogP) is 3.38. The van der Waals surface area contributed by atoms with Crippen LogP contribution in [0, 0.1) is 5.82 Å². The molecule has 1 aromatic carbocycles. The number of hydrogen-bond acceptors (Lipinski definition) is 6. The fourth-order valence-electron chi connectivity index (χ4n) is 2.75. The van der Waals surface area contributed by atoms with Gasteiger partial charge in [-0.25, -0.2) is 13.6 Å². The number of carbonyl (C=O) groups is 1. The number of ether oxygens (including phenoxy) is 3. The van der Waals surface area contributed by atoms with E-state index in [9.17, 15) is 18.1 Å². The minimum atomic E-state index is -2.24. The zero-order valence-electron chi connectivity index (χ0n) is 17.2. The number of benzene rings is 1. The van der Waals surface area contributed by atoms with Gasteiger partial charge in [0.15, 0.2) is 0 Å². The van der Waals surface area contributed by atoms with Crippen molar-refractivity contribution in [1.29, 1.82) is 0 Å². The highest BCUT2D eigenvalue weighted by Crippen LogP contribution is 2.30. The molecule has 2 rings (SSSR count). The Kier molecular flexibility index (Phi) is 8.69. The number of esters is 1.